The lowest BCUT2D eigenvalue weighted by atomic mass is 10.1. The van der Waals surface area contributed by atoms with Crippen LogP contribution in [0.2, 0.25) is 0 Å². The van der Waals surface area contributed by atoms with E-state index in [2.05, 4.69) is 5.32 Å². The Kier molecular flexibility index (Phi) is 5.19. The van der Waals surface area contributed by atoms with E-state index in [1.165, 1.54) is 0 Å². The minimum Gasteiger partial charge on any atom is -0.324 e. The maximum Gasteiger partial charge on any atom is 0.248 e. The zero-order valence-corrected chi connectivity index (χ0v) is 16.3. The van der Waals surface area contributed by atoms with E-state index in [9.17, 15) is 13.2 Å². The SMILES string of the molecule is Cc1cccc(N([C@H](C)C(=O)Nc2cccc3ccccc23)S(C)(=O)=O)c1. The molecule has 1 atom stereocenters. The molecule has 3 aromatic carbocycles. The van der Waals surface area contributed by atoms with E-state index in [-0.39, 0.29) is 0 Å². The van der Waals surface area contributed by atoms with Crippen molar-refractivity contribution in [1.82, 2.24) is 0 Å². The van der Waals surface area contributed by atoms with E-state index in [0.717, 1.165) is 26.9 Å². The van der Waals surface area contributed by atoms with Gasteiger partial charge in [0.2, 0.25) is 15.9 Å². The van der Waals surface area contributed by atoms with E-state index in [1.54, 1.807) is 25.1 Å². The first kappa shape index (κ1) is 18.9. The first-order chi connectivity index (χ1) is 12.8. The summed E-state index contributed by atoms with van der Waals surface area (Å²) in [6.07, 6.45) is 1.11. The van der Waals surface area contributed by atoms with Crippen molar-refractivity contribution in [3.05, 3.63) is 72.3 Å². The summed E-state index contributed by atoms with van der Waals surface area (Å²) in [6, 6.07) is 19.5. The fourth-order valence-electron chi connectivity index (χ4n) is 3.15. The van der Waals surface area contributed by atoms with Crippen LogP contribution in [0, 0.1) is 6.92 Å². The second kappa shape index (κ2) is 7.40. The number of hydrogen-bond acceptors (Lipinski definition) is 3. The van der Waals surface area contributed by atoms with Crippen molar-refractivity contribution in [2.45, 2.75) is 19.9 Å². The van der Waals surface area contributed by atoms with Crippen molar-refractivity contribution in [1.29, 1.82) is 0 Å². The van der Waals surface area contributed by atoms with Gasteiger partial charge in [-0.25, -0.2) is 8.42 Å². The Morgan fingerprint density at radius 1 is 1.00 bits per heavy atom. The summed E-state index contributed by atoms with van der Waals surface area (Å²) in [5.41, 5.74) is 2.04. The number of aryl methyl sites for hydroxylation is 1. The highest BCUT2D eigenvalue weighted by atomic mass is 32.2. The molecule has 0 radical (unpaired) electrons. The summed E-state index contributed by atoms with van der Waals surface area (Å²) in [5.74, 6) is -0.390. The van der Waals surface area contributed by atoms with Crippen molar-refractivity contribution in [3.63, 3.8) is 0 Å². The molecule has 3 rings (SSSR count). The molecule has 0 spiro atoms. The van der Waals surface area contributed by atoms with Gasteiger partial charge in [-0.15, -0.1) is 0 Å². The van der Waals surface area contributed by atoms with Gasteiger partial charge in [0.05, 0.1) is 11.9 Å². The van der Waals surface area contributed by atoms with Gasteiger partial charge in [0.1, 0.15) is 6.04 Å². The summed E-state index contributed by atoms with van der Waals surface area (Å²) in [6.45, 7) is 3.47. The molecule has 0 saturated carbocycles. The van der Waals surface area contributed by atoms with E-state index < -0.39 is 22.0 Å². The van der Waals surface area contributed by atoms with E-state index >= 15 is 0 Å². The summed E-state index contributed by atoms with van der Waals surface area (Å²) < 4.78 is 26.0. The molecule has 5 nitrogen and oxygen atoms in total. The maximum absolute atomic E-state index is 12.9. The Hall–Kier alpha value is -2.86. The Balaban J connectivity index is 1.94. The summed E-state index contributed by atoms with van der Waals surface area (Å²) in [4.78, 5) is 12.9. The molecule has 140 valence electrons. The maximum atomic E-state index is 12.9. The number of fused-ring (bicyclic) bond motifs is 1. The quantitative estimate of drug-likeness (QED) is 0.727. The standard InChI is InChI=1S/C21H22N2O3S/c1-15-8-6-11-18(14-15)23(27(3,25)26)16(2)21(24)22-20-13-7-10-17-9-4-5-12-19(17)20/h4-14,16H,1-3H3,(H,22,24)/t16-/m1/s1. The molecule has 1 amide bonds. The molecule has 0 aromatic heterocycles. The van der Waals surface area contributed by atoms with Gasteiger partial charge in [0, 0.05) is 11.1 Å². The van der Waals surface area contributed by atoms with Crippen LogP contribution in [0.3, 0.4) is 0 Å². The molecule has 1 N–H and O–H groups in total. The van der Waals surface area contributed by atoms with Crippen LogP contribution in [0.25, 0.3) is 10.8 Å². The van der Waals surface area contributed by atoms with Gasteiger partial charge in [-0.05, 0) is 43.0 Å². The first-order valence-corrected chi connectivity index (χ1v) is 10.5. The van der Waals surface area contributed by atoms with Crippen LogP contribution in [-0.4, -0.2) is 26.6 Å². The zero-order chi connectivity index (χ0) is 19.6. The second-order valence-electron chi connectivity index (χ2n) is 6.59. The fourth-order valence-corrected chi connectivity index (χ4v) is 4.31. The number of nitrogens with zero attached hydrogens (tertiary/aromatic N) is 1. The summed E-state index contributed by atoms with van der Waals surface area (Å²) in [5, 5.41) is 4.78. The van der Waals surface area contributed by atoms with E-state index in [4.69, 9.17) is 0 Å². The smallest absolute Gasteiger partial charge is 0.248 e. The molecule has 0 heterocycles. The van der Waals surface area contributed by atoms with Gasteiger partial charge in [-0.2, -0.15) is 0 Å². The first-order valence-electron chi connectivity index (χ1n) is 8.62. The summed E-state index contributed by atoms with van der Waals surface area (Å²) >= 11 is 0. The largest absolute Gasteiger partial charge is 0.324 e. The fraction of sp³-hybridized carbons (Fsp3) is 0.190. The van der Waals surface area contributed by atoms with Crippen molar-refractivity contribution in [3.8, 4) is 0 Å². The number of carbonyl (C=O) groups excluding carboxylic acids is 1. The van der Waals surface area contributed by atoms with Crippen LogP contribution in [-0.2, 0) is 14.8 Å². The lowest BCUT2D eigenvalue weighted by molar-refractivity contribution is -0.116. The number of carbonyl (C=O) groups is 1. The van der Waals surface area contributed by atoms with Crippen LogP contribution >= 0.6 is 0 Å². The molecule has 0 fully saturated rings. The van der Waals surface area contributed by atoms with Gasteiger partial charge in [-0.3, -0.25) is 9.10 Å². The predicted octanol–water partition coefficient (Wildman–Crippen LogP) is 3.94. The topological polar surface area (TPSA) is 66.5 Å². The highest BCUT2D eigenvalue weighted by molar-refractivity contribution is 7.92. The Morgan fingerprint density at radius 2 is 1.67 bits per heavy atom. The molecule has 3 aromatic rings. The van der Waals surface area contributed by atoms with Gasteiger partial charge in [-0.1, -0.05) is 48.5 Å². The minimum atomic E-state index is -3.64. The predicted molar refractivity (Wildman–Crippen MR) is 111 cm³/mol. The number of rotatable bonds is 5. The van der Waals surface area contributed by atoms with Gasteiger partial charge in [0.15, 0.2) is 0 Å². The molecule has 0 saturated heterocycles. The third-order valence-corrected chi connectivity index (χ3v) is 5.63. The number of sulfonamides is 1. The monoisotopic (exact) mass is 382 g/mol. The van der Waals surface area contributed by atoms with Crippen LogP contribution in [0.4, 0.5) is 11.4 Å². The molecule has 0 aliphatic carbocycles. The number of benzene rings is 3. The number of hydrogen-bond donors (Lipinski definition) is 1. The average Bonchev–Trinajstić information content (AvgIpc) is 2.61. The minimum absolute atomic E-state index is 0.390. The molecule has 0 bridgehead atoms. The third-order valence-electron chi connectivity index (χ3n) is 4.39. The van der Waals surface area contributed by atoms with Crippen molar-refractivity contribution >= 4 is 38.1 Å². The second-order valence-corrected chi connectivity index (χ2v) is 8.45. The number of anilines is 2. The van der Waals surface area contributed by atoms with Crippen molar-refractivity contribution < 1.29 is 13.2 Å². The summed E-state index contributed by atoms with van der Waals surface area (Å²) in [7, 11) is -3.64. The molecule has 0 aliphatic rings. The molecular formula is C21H22N2O3S. The van der Waals surface area contributed by atoms with Crippen molar-refractivity contribution in [2.75, 3.05) is 15.9 Å². The average molecular weight is 382 g/mol. The van der Waals surface area contributed by atoms with Crippen molar-refractivity contribution in [2.24, 2.45) is 0 Å². The van der Waals surface area contributed by atoms with Crippen LogP contribution in [0.1, 0.15) is 12.5 Å². The molecule has 6 heteroatoms. The Bertz CT molecular complexity index is 1090. The Morgan fingerprint density at radius 3 is 2.37 bits per heavy atom. The van der Waals surface area contributed by atoms with Gasteiger partial charge < -0.3 is 5.32 Å². The van der Waals surface area contributed by atoms with Gasteiger partial charge >= 0.3 is 0 Å². The lowest BCUT2D eigenvalue weighted by Crippen LogP contribution is -2.45. The van der Waals surface area contributed by atoms with Gasteiger partial charge in [0.25, 0.3) is 0 Å². The number of amides is 1. The van der Waals surface area contributed by atoms with Crippen LogP contribution < -0.4 is 9.62 Å². The van der Waals surface area contributed by atoms with E-state index in [0.29, 0.717) is 11.4 Å². The Labute approximate surface area is 159 Å². The third kappa shape index (κ3) is 4.11. The highest BCUT2D eigenvalue weighted by Gasteiger charge is 2.29. The van der Waals surface area contributed by atoms with Crippen LogP contribution in [0.15, 0.2) is 66.7 Å². The molecule has 27 heavy (non-hydrogen) atoms. The lowest BCUT2D eigenvalue weighted by Gasteiger charge is -2.28. The van der Waals surface area contributed by atoms with Crippen LogP contribution in [0.5, 0.6) is 0 Å². The normalized spacial score (nSPS) is 12.6. The zero-order valence-electron chi connectivity index (χ0n) is 15.5. The van der Waals surface area contributed by atoms with E-state index in [1.807, 2.05) is 55.5 Å². The molecular weight excluding hydrogens is 360 g/mol. The highest BCUT2D eigenvalue weighted by Crippen LogP contribution is 2.25. The molecule has 0 unspecified atom stereocenters. The molecule has 0 aliphatic heterocycles. The number of nitrogens with one attached hydrogen (secondary N) is 1.